The molecule has 1 heterocycles. The number of fused-ring (bicyclic) bond motifs is 1. The van der Waals surface area contributed by atoms with Crippen molar-refractivity contribution < 1.29 is 9.59 Å². The standard InChI is InChI=1S/C25H24N2O2/c1-18-9-7-13-21(17-18)24(28)26-23(20-11-3-2-4-12-20)25(29)27-16-8-14-19-10-5-6-15-22(19)27/h2-7,9-13,15,17,23H,8,14,16H2,1H3,(H,26,28). The van der Waals surface area contributed by atoms with Crippen LogP contribution < -0.4 is 10.2 Å². The van der Waals surface area contributed by atoms with Crippen LogP contribution in [0.5, 0.6) is 0 Å². The van der Waals surface area contributed by atoms with Crippen LogP contribution >= 0.6 is 0 Å². The number of anilines is 1. The lowest BCUT2D eigenvalue weighted by Crippen LogP contribution is -2.45. The van der Waals surface area contributed by atoms with Crippen LogP contribution in [-0.2, 0) is 11.2 Å². The number of carbonyl (C=O) groups excluding carboxylic acids is 2. The molecule has 1 unspecified atom stereocenters. The Morgan fingerprint density at radius 1 is 0.931 bits per heavy atom. The van der Waals surface area contributed by atoms with E-state index in [1.54, 1.807) is 6.07 Å². The topological polar surface area (TPSA) is 49.4 Å². The van der Waals surface area contributed by atoms with E-state index in [-0.39, 0.29) is 11.8 Å². The molecule has 0 aromatic heterocycles. The van der Waals surface area contributed by atoms with E-state index in [4.69, 9.17) is 0 Å². The van der Waals surface area contributed by atoms with Crippen LogP contribution in [0, 0.1) is 6.92 Å². The Morgan fingerprint density at radius 3 is 2.48 bits per heavy atom. The van der Waals surface area contributed by atoms with Crippen molar-refractivity contribution in [1.82, 2.24) is 5.32 Å². The summed E-state index contributed by atoms with van der Waals surface area (Å²) in [5.41, 5.74) is 4.45. The van der Waals surface area contributed by atoms with Crippen molar-refractivity contribution in [3.05, 3.63) is 101 Å². The van der Waals surface area contributed by atoms with Crippen LogP contribution in [0.2, 0.25) is 0 Å². The van der Waals surface area contributed by atoms with Crippen LogP contribution in [-0.4, -0.2) is 18.4 Å². The van der Waals surface area contributed by atoms with Gasteiger partial charge in [-0.05, 0) is 49.1 Å². The Balaban J connectivity index is 1.67. The number of benzene rings is 3. The molecule has 0 radical (unpaired) electrons. The Kier molecular flexibility index (Phi) is 5.43. The first-order chi connectivity index (χ1) is 14.1. The third-order valence-electron chi connectivity index (χ3n) is 5.31. The van der Waals surface area contributed by atoms with Crippen molar-refractivity contribution in [1.29, 1.82) is 0 Å². The highest BCUT2D eigenvalue weighted by atomic mass is 16.2. The third-order valence-corrected chi connectivity index (χ3v) is 5.31. The summed E-state index contributed by atoms with van der Waals surface area (Å²) in [6.07, 6.45) is 1.88. The molecular formula is C25H24N2O2. The van der Waals surface area contributed by atoms with Crippen molar-refractivity contribution >= 4 is 17.5 Å². The number of hydrogen-bond acceptors (Lipinski definition) is 2. The molecule has 0 saturated heterocycles. The second-order valence-electron chi connectivity index (χ2n) is 7.41. The first-order valence-corrected chi connectivity index (χ1v) is 9.95. The number of nitrogens with zero attached hydrogens (tertiary/aromatic N) is 1. The average molecular weight is 384 g/mol. The van der Waals surface area contributed by atoms with E-state index in [0.29, 0.717) is 12.1 Å². The van der Waals surface area contributed by atoms with Gasteiger partial charge in [-0.2, -0.15) is 0 Å². The fourth-order valence-electron chi connectivity index (χ4n) is 3.85. The van der Waals surface area contributed by atoms with Crippen molar-refractivity contribution in [3.8, 4) is 0 Å². The van der Waals surface area contributed by atoms with Gasteiger partial charge in [0.05, 0.1) is 0 Å². The van der Waals surface area contributed by atoms with Gasteiger partial charge in [0, 0.05) is 17.8 Å². The molecule has 3 aromatic rings. The summed E-state index contributed by atoms with van der Waals surface area (Å²) < 4.78 is 0. The second-order valence-corrected chi connectivity index (χ2v) is 7.41. The quantitative estimate of drug-likeness (QED) is 0.723. The van der Waals surface area contributed by atoms with Gasteiger partial charge in [0.2, 0.25) is 0 Å². The smallest absolute Gasteiger partial charge is 0.254 e. The van der Waals surface area contributed by atoms with Gasteiger partial charge in [-0.15, -0.1) is 0 Å². The zero-order valence-electron chi connectivity index (χ0n) is 16.5. The largest absolute Gasteiger partial charge is 0.336 e. The van der Waals surface area contributed by atoms with Gasteiger partial charge in [-0.3, -0.25) is 9.59 Å². The zero-order valence-corrected chi connectivity index (χ0v) is 16.5. The van der Waals surface area contributed by atoms with Gasteiger partial charge in [-0.25, -0.2) is 0 Å². The third kappa shape index (κ3) is 4.06. The van der Waals surface area contributed by atoms with Gasteiger partial charge >= 0.3 is 0 Å². The van der Waals surface area contributed by atoms with Crippen LogP contribution in [0.4, 0.5) is 5.69 Å². The average Bonchev–Trinajstić information content (AvgIpc) is 2.77. The number of hydrogen-bond donors (Lipinski definition) is 1. The first kappa shape index (κ1) is 18.9. The normalized spacial score (nSPS) is 14.0. The summed E-state index contributed by atoms with van der Waals surface area (Å²) >= 11 is 0. The molecule has 146 valence electrons. The number of rotatable bonds is 4. The van der Waals surface area contributed by atoms with Gasteiger partial charge in [-0.1, -0.05) is 66.2 Å². The van der Waals surface area contributed by atoms with Crippen molar-refractivity contribution in [2.75, 3.05) is 11.4 Å². The highest BCUT2D eigenvalue weighted by Gasteiger charge is 2.31. The van der Waals surface area contributed by atoms with E-state index in [1.165, 1.54) is 5.56 Å². The molecule has 0 bridgehead atoms. The molecule has 0 fully saturated rings. The maximum atomic E-state index is 13.6. The maximum absolute atomic E-state index is 13.6. The molecular weight excluding hydrogens is 360 g/mol. The molecule has 3 aromatic carbocycles. The van der Waals surface area contributed by atoms with Crippen molar-refractivity contribution in [3.63, 3.8) is 0 Å². The summed E-state index contributed by atoms with van der Waals surface area (Å²) in [7, 11) is 0. The molecule has 0 saturated carbocycles. The molecule has 29 heavy (non-hydrogen) atoms. The van der Waals surface area contributed by atoms with E-state index < -0.39 is 6.04 Å². The summed E-state index contributed by atoms with van der Waals surface area (Å²) in [6.45, 7) is 2.60. The molecule has 1 N–H and O–H groups in total. The van der Waals surface area contributed by atoms with E-state index >= 15 is 0 Å². The van der Waals surface area contributed by atoms with E-state index in [2.05, 4.69) is 11.4 Å². The number of para-hydroxylation sites is 1. The highest BCUT2D eigenvalue weighted by molar-refractivity contribution is 6.03. The minimum Gasteiger partial charge on any atom is -0.336 e. The van der Waals surface area contributed by atoms with Crippen LogP contribution in [0.15, 0.2) is 78.9 Å². The van der Waals surface area contributed by atoms with Crippen LogP contribution in [0.1, 0.15) is 39.5 Å². The van der Waals surface area contributed by atoms with Gasteiger partial charge in [0.25, 0.3) is 11.8 Å². The molecule has 0 aliphatic carbocycles. The summed E-state index contributed by atoms with van der Waals surface area (Å²) in [5.74, 6) is -0.356. The Morgan fingerprint density at radius 2 is 1.69 bits per heavy atom. The van der Waals surface area contributed by atoms with Crippen LogP contribution in [0.25, 0.3) is 0 Å². The first-order valence-electron chi connectivity index (χ1n) is 9.95. The lowest BCUT2D eigenvalue weighted by Gasteiger charge is -2.32. The predicted octanol–water partition coefficient (Wildman–Crippen LogP) is 4.45. The number of carbonyl (C=O) groups is 2. The Bertz CT molecular complexity index is 1030. The Hall–Kier alpha value is -3.40. The number of nitrogens with one attached hydrogen (secondary N) is 1. The molecule has 1 atom stereocenters. The minimum absolute atomic E-state index is 0.107. The SMILES string of the molecule is Cc1cccc(C(=O)NC(C(=O)N2CCCc3ccccc32)c2ccccc2)c1. The van der Waals surface area contributed by atoms with Gasteiger partial charge < -0.3 is 10.2 Å². The van der Waals surface area contributed by atoms with Crippen molar-refractivity contribution in [2.24, 2.45) is 0 Å². The van der Waals surface area contributed by atoms with Gasteiger partial charge in [0.15, 0.2) is 0 Å². The molecule has 4 rings (SSSR count). The minimum atomic E-state index is -0.740. The second kappa shape index (κ2) is 8.31. The highest BCUT2D eigenvalue weighted by Crippen LogP contribution is 2.29. The van der Waals surface area contributed by atoms with Gasteiger partial charge in [0.1, 0.15) is 6.04 Å². The molecule has 1 aliphatic heterocycles. The molecule has 4 nitrogen and oxygen atoms in total. The zero-order chi connectivity index (χ0) is 20.2. The van der Waals surface area contributed by atoms with E-state index in [9.17, 15) is 9.59 Å². The monoisotopic (exact) mass is 384 g/mol. The number of aryl methyl sites for hydroxylation is 2. The maximum Gasteiger partial charge on any atom is 0.254 e. The number of amides is 2. The summed E-state index contributed by atoms with van der Waals surface area (Å²) in [5, 5.41) is 2.97. The van der Waals surface area contributed by atoms with E-state index in [0.717, 1.165) is 29.7 Å². The summed E-state index contributed by atoms with van der Waals surface area (Å²) in [6, 6.07) is 24.1. The fourth-order valence-corrected chi connectivity index (χ4v) is 3.85. The lowest BCUT2D eigenvalue weighted by molar-refractivity contribution is -0.120. The lowest BCUT2D eigenvalue weighted by atomic mass is 9.99. The van der Waals surface area contributed by atoms with E-state index in [1.807, 2.05) is 78.6 Å². The predicted molar refractivity (Wildman–Crippen MR) is 115 cm³/mol. The summed E-state index contributed by atoms with van der Waals surface area (Å²) in [4.78, 5) is 28.4. The van der Waals surface area contributed by atoms with Crippen molar-refractivity contribution in [2.45, 2.75) is 25.8 Å². The molecule has 4 heteroatoms. The molecule has 0 spiro atoms. The van der Waals surface area contributed by atoms with Crippen LogP contribution in [0.3, 0.4) is 0 Å². The Labute approximate surface area is 171 Å². The fraction of sp³-hybridized carbons (Fsp3) is 0.200. The molecule has 2 amide bonds. The molecule has 1 aliphatic rings.